The molecule has 0 fully saturated rings. The van der Waals surface area contributed by atoms with Gasteiger partial charge in [0.05, 0.1) is 15.6 Å². The van der Waals surface area contributed by atoms with E-state index in [4.69, 9.17) is 39.5 Å². The number of carbonyl (C=O) groups excluding carboxylic acids is 2. The molecule has 0 aliphatic rings. The number of amides is 3. The second kappa shape index (κ2) is 9.13. The van der Waals surface area contributed by atoms with Crippen LogP contribution in [0.5, 0.6) is 11.5 Å². The second-order valence-electron chi connectivity index (χ2n) is 5.71. The van der Waals surface area contributed by atoms with Crippen LogP contribution in [0.4, 0.5) is 14.9 Å². The highest BCUT2D eigenvalue weighted by Crippen LogP contribution is 2.33. The van der Waals surface area contributed by atoms with Crippen molar-refractivity contribution in [1.82, 2.24) is 5.32 Å². The Hall–Kier alpha value is -2.80. The van der Waals surface area contributed by atoms with Crippen LogP contribution in [0.2, 0.25) is 15.1 Å². The quantitative estimate of drug-likeness (QED) is 0.471. The van der Waals surface area contributed by atoms with Crippen molar-refractivity contribution in [3.05, 3.63) is 87.1 Å². The maximum atomic E-state index is 13.2. The molecule has 0 atom stereocenters. The van der Waals surface area contributed by atoms with Gasteiger partial charge in [-0.1, -0.05) is 46.9 Å². The van der Waals surface area contributed by atoms with Crippen LogP contribution >= 0.6 is 34.8 Å². The highest BCUT2D eigenvalue weighted by atomic mass is 35.5. The third-order valence-electron chi connectivity index (χ3n) is 3.65. The minimum absolute atomic E-state index is 0.103. The molecule has 3 aromatic carbocycles. The van der Waals surface area contributed by atoms with Crippen molar-refractivity contribution in [3.63, 3.8) is 0 Å². The Morgan fingerprint density at radius 3 is 2.34 bits per heavy atom. The topological polar surface area (TPSA) is 67.4 Å². The van der Waals surface area contributed by atoms with Crippen LogP contribution in [-0.2, 0) is 0 Å². The number of rotatable bonds is 4. The van der Waals surface area contributed by atoms with E-state index in [0.29, 0.717) is 10.8 Å². The Balaban J connectivity index is 1.73. The summed E-state index contributed by atoms with van der Waals surface area (Å²) in [6, 6.07) is 13.8. The summed E-state index contributed by atoms with van der Waals surface area (Å²) >= 11 is 17.6. The summed E-state index contributed by atoms with van der Waals surface area (Å²) in [5, 5.41) is 5.10. The van der Waals surface area contributed by atoms with Crippen LogP contribution in [0.15, 0.2) is 60.7 Å². The molecule has 0 heterocycles. The SMILES string of the molecule is O=C(NC(=O)c1ccccc1Oc1ccc(Cl)cc1Cl)Nc1ccc(F)c(Cl)c1. The van der Waals surface area contributed by atoms with E-state index in [2.05, 4.69) is 10.6 Å². The number of hydrogen-bond acceptors (Lipinski definition) is 3. The molecule has 0 aromatic heterocycles. The van der Waals surface area contributed by atoms with E-state index in [1.165, 1.54) is 24.3 Å². The van der Waals surface area contributed by atoms with Crippen LogP contribution < -0.4 is 15.4 Å². The lowest BCUT2D eigenvalue weighted by Gasteiger charge is -2.12. The van der Waals surface area contributed by atoms with Crippen molar-refractivity contribution in [2.45, 2.75) is 0 Å². The molecule has 9 heteroatoms. The molecule has 0 radical (unpaired) electrons. The minimum atomic E-state index is -0.822. The lowest BCUT2D eigenvalue weighted by Crippen LogP contribution is -2.34. The fraction of sp³-hybridized carbons (Fsp3) is 0. The Bertz CT molecular complexity index is 1090. The van der Waals surface area contributed by atoms with Crippen LogP contribution in [0, 0.1) is 5.82 Å². The molecule has 0 aliphatic carbocycles. The van der Waals surface area contributed by atoms with Gasteiger partial charge in [-0.15, -0.1) is 0 Å². The van der Waals surface area contributed by atoms with Crippen LogP contribution in [0.25, 0.3) is 0 Å². The average Bonchev–Trinajstić information content (AvgIpc) is 2.67. The third kappa shape index (κ3) is 5.38. The van der Waals surface area contributed by atoms with Crippen molar-refractivity contribution in [2.24, 2.45) is 0 Å². The number of carbonyl (C=O) groups is 2. The molecule has 0 aliphatic heterocycles. The van der Waals surface area contributed by atoms with Gasteiger partial charge in [0, 0.05) is 10.7 Å². The van der Waals surface area contributed by atoms with Gasteiger partial charge in [-0.25, -0.2) is 9.18 Å². The number of urea groups is 1. The van der Waals surface area contributed by atoms with Gasteiger partial charge in [-0.3, -0.25) is 10.1 Å². The van der Waals surface area contributed by atoms with E-state index in [-0.39, 0.29) is 27.0 Å². The molecule has 5 nitrogen and oxygen atoms in total. The predicted molar refractivity (Wildman–Crippen MR) is 111 cm³/mol. The summed E-state index contributed by atoms with van der Waals surface area (Å²) in [6.07, 6.45) is 0. The maximum Gasteiger partial charge on any atom is 0.326 e. The lowest BCUT2D eigenvalue weighted by molar-refractivity contribution is 0.0965. The van der Waals surface area contributed by atoms with E-state index >= 15 is 0 Å². The average molecular weight is 454 g/mol. The zero-order valence-corrected chi connectivity index (χ0v) is 16.8. The summed E-state index contributed by atoms with van der Waals surface area (Å²) in [4.78, 5) is 24.6. The lowest BCUT2D eigenvalue weighted by atomic mass is 10.2. The molecular formula is C20H12Cl3FN2O3. The smallest absolute Gasteiger partial charge is 0.326 e. The van der Waals surface area contributed by atoms with Crippen molar-refractivity contribution >= 4 is 52.4 Å². The highest BCUT2D eigenvalue weighted by Gasteiger charge is 2.17. The summed E-state index contributed by atoms with van der Waals surface area (Å²) in [5.41, 5.74) is 0.324. The number of para-hydroxylation sites is 1. The molecule has 0 saturated carbocycles. The molecule has 0 bridgehead atoms. The van der Waals surface area contributed by atoms with Crippen molar-refractivity contribution in [2.75, 3.05) is 5.32 Å². The van der Waals surface area contributed by atoms with Crippen molar-refractivity contribution in [3.8, 4) is 11.5 Å². The first-order chi connectivity index (χ1) is 13.8. The summed E-state index contributed by atoms with van der Waals surface area (Å²) in [5.74, 6) is -0.856. The fourth-order valence-corrected chi connectivity index (χ4v) is 2.95. The molecule has 0 unspecified atom stereocenters. The van der Waals surface area contributed by atoms with Gasteiger partial charge >= 0.3 is 6.03 Å². The zero-order valence-electron chi connectivity index (χ0n) is 14.5. The highest BCUT2D eigenvalue weighted by molar-refractivity contribution is 6.35. The molecule has 0 saturated heterocycles. The second-order valence-corrected chi connectivity index (χ2v) is 6.96. The zero-order chi connectivity index (χ0) is 21.0. The molecule has 29 heavy (non-hydrogen) atoms. The number of ether oxygens (including phenoxy) is 1. The van der Waals surface area contributed by atoms with Gasteiger partial charge in [0.1, 0.15) is 17.3 Å². The van der Waals surface area contributed by atoms with Crippen LogP contribution in [-0.4, -0.2) is 11.9 Å². The Kier molecular flexibility index (Phi) is 6.59. The Labute approximate surface area is 180 Å². The normalized spacial score (nSPS) is 10.3. The van der Waals surface area contributed by atoms with Crippen molar-refractivity contribution in [1.29, 1.82) is 0 Å². The fourth-order valence-electron chi connectivity index (χ4n) is 2.33. The Morgan fingerprint density at radius 1 is 0.862 bits per heavy atom. The number of nitrogens with one attached hydrogen (secondary N) is 2. The first-order valence-electron chi connectivity index (χ1n) is 8.13. The van der Waals surface area contributed by atoms with Gasteiger partial charge in [-0.2, -0.15) is 0 Å². The van der Waals surface area contributed by atoms with Gasteiger partial charge in [0.2, 0.25) is 0 Å². The first kappa shape index (κ1) is 20.9. The van der Waals surface area contributed by atoms with E-state index in [1.807, 2.05) is 0 Å². The molecule has 3 amide bonds. The molecule has 2 N–H and O–H groups in total. The van der Waals surface area contributed by atoms with Gasteiger partial charge < -0.3 is 10.1 Å². The Morgan fingerprint density at radius 2 is 1.62 bits per heavy atom. The summed E-state index contributed by atoms with van der Waals surface area (Å²) in [6.45, 7) is 0. The van der Waals surface area contributed by atoms with Crippen LogP contribution in [0.1, 0.15) is 10.4 Å². The van der Waals surface area contributed by atoms with E-state index < -0.39 is 17.8 Å². The first-order valence-corrected chi connectivity index (χ1v) is 9.26. The summed E-state index contributed by atoms with van der Waals surface area (Å²) < 4.78 is 18.9. The number of benzene rings is 3. The van der Waals surface area contributed by atoms with Crippen molar-refractivity contribution < 1.29 is 18.7 Å². The standard InChI is InChI=1S/C20H12Cl3FN2O3/c21-11-5-8-18(15(23)9-11)29-17-4-2-1-3-13(17)19(27)26-20(28)25-12-6-7-16(24)14(22)10-12/h1-10H,(H2,25,26,27,28). The molecule has 148 valence electrons. The van der Waals surface area contributed by atoms with E-state index in [0.717, 1.165) is 6.07 Å². The molecule has 3 rings (SSSR count). The van der Waals surface area contributed by atoms with Gasteiger partial charge in [0.15, 0.2) is 0 Å². The molecule has 3 aromatic rings. The van der Waals surface area contributed by atoms with Gasteiger partial charge in [0.25, 0.3) is 5.91 Å². The predicted octanol–water partition coefficient (Wildman–Crippen LogP) is 6.54. The number of imide groups is 1. The van der Waals surface area contributed by atoms with Crippen LogP contribution in [0.3, 0.4) is 0 Å². The monoisotopic (exact) mass is 452 g/mol. The molecule has 0 spiro atoms. The van der Waals surface area contributed by atoms with Gasteiger partial charge in [-0.05, 0) is 48.5 Å². The minimum Gasteiger partial charge on any atom is -0.455 e. The third-order valence-corrected chi connectivity index (χ3v) is 4.47. The largest absolute Gasteiger partial charge is 0.455 e. The summed E-state index contributed by atoms with van der Waals surface area (Å²) in [7, 11) is 0. The van der Waals surface area contributed by atoms with E-state index in [1.54, 1.807) is 30.3 Å². The molecular weight excluding hydrogens is 442 g/mol. The number of anilines is 1. The maximum absolute atomic E-state index is 13.2. The number of hydrogen-bond donors (Lipinski definition) is 2. The number of halogens is 4. The van der Waals surface area contributed by atoms with E-state index in [9.17, 15) is 14.0 Å².